The van der Waals surface area contributed by atoms with Crippen LogP contribution in [-0.2, 0) is 16.1 Å². The number of amides is 2. The molecule has 0 bridgehead atoms. The van der Waals surface area contributed by atoms with Gasteiger partial charge >= 0.3 is 0 Å². The van der Waals surface area contributed by atoms with Crippen LogP contribution in [0.2, 0.25) is 5.02 Å². The summed E-state index contributed by atoms with van der Waals surface area (Å²) in [7, 11) is 0. The van der Waals surface area contributed by atoms with Crippen LogP contribution in [0.4, 0.5) is 11.4 Å². The summed E-state index contributed by atoms with van der Waals surface area (Å²) in [5.41, 5.74) is 2.67. The van der Waals surface area contributed by atoms with Gasteiger partial charge in [-0.1, -0.05) is 35.9 Å². The third-order valence-electron chi connectivity index (χ3n) is 5.92. The van der Waals surface area contributed by atoms with E-state index < -0.39 is 0 Å². The fraction of sp³-hybridized carbons (Fsp3) is 0.259. The monoisotopic (exact) mass is 477 g/mol. The zero-order valence-electron chi connectivity index (χ0n) is 19.1. The summed E-state index contributed by atoms with van der Waals surface area (Å²) in [4.78, 5) is 26.0. The maximum atomic E-state index is 12.7. The number of likely N-dealkylation sites (tertiary alicyclic amines) is 1. The summed E-state index contributed by atoms with van der Waals surface area (Å²) < 4.78 is 6.02. The Morgan fingerprint density at radius 1 is 1.00 bits per heavy atom. The zero-order chi connectivity index (χ0) is 23.9. The predicted octanol–water partition coefficient (Wildman–Crippen LogP) is 5.94. The van der Waals surface area contributed by atoms with Gasteiger partial charge in [0, 0.05) is 43.2 Å². The van der Waals surface area contributed by atoms with Crippen LogP contribution in [0.5, 0.6) is 11.5 Å². The van der Waals surface area contributed by atoms with Gasteiger partial charge in [-0.05, 0) is 66.9 Å². The van der Waals surface area contributed by atoms with E-state index in [1.165, 1.54) is 0 Å². The van der Waals surface area contributed by atoms with Crippen LogP contribution in [-0.4, -0.2) is 29.8 Å². The third kappa shape index (κ3) is 6.29. The SMILES string of the molecule is CC(=O)N1CCC(C(=O)Nc2cccc(CNc3ccccc3Oc3ccc(Cl)cc3)c2)CC1. The van der Waals surface area contributed by atoms with E-state index in [2.05, 4.69) is 10.6 Å². The molecule has 2 amide bonds. The molecule has 3 aromatic rings. The molecule has 1 saturated heterocycles. The molecule has 2 N–H and O–H groups in total. The molecule has 1 aliphatic heterocycles. The highest BCUT2D eigenvalue weighted by molar-refractivity contribution is 6.30. The highest BCUT2D eigenvalue weighted by atomic mass is 35.5. The number of halogens is 1. The molecule has 0 atom stereocenters. The summed E-state index contributed by atoms with van der Waals surface area (Å²) in [6, 6.07) is 22.8. The van der Waals surface area contributed by atoms with Crippen molar-refractivity contribution in [1.29, 1.82) is 0 Å². The van der Waals surface area contributed by atoms with Crippen molar-refractivity contribution in [3.63, 3.8) is 0 Å². The van der Waals surface area contributed by atoms with Crippen molar-refractivity contribution in [2.45, 2.75) is 26.3 Å². The molecule has 34 heavy (non-hydrogen) atoms. The largest absolute Gasteiger partial charge is 0.455 e. The number of carbonyl (C=O) groups is 2. The van der Waals surface area contributed by atoms with Crippen molar-refractivity contribution in [1.82, 2.24) is 4.90 Å². The van der Waals surface area contributed by atoms with E-state index in [0.717, 1.165) is 16.9 Å². The molecule has 7 heteroatoms. The molecule has 1 aliphatic rings. The van der Waals surface area contributed by atoms with Crippen molar-refractivity contribution in [3.8, 4) is 11.5 Å². The Morgan fingerprint density at radius 2 is 1.74 bits per heavy atom. The van der Waals surface area contributed by atoms with Gasteiger partial charge in [0.15, 0.2) is 5.75 Å². The fourth-order valence-corrected chi connectivity index (χ4v) is 4.11. The molecule has 1 heterocycles. The van der Waals surface area contributed by atoms with Gasteiger partial charge in [0.1, 0.15) is 5.75 Å². The van der Waals surface area contributed by atoms with E-state index in [9.17, 15) is 9.59 Å². The van der Waals surface area contributed by atoms with E-state index >= 15 is 0 Å². The number of hydrogen-bond donors (Lipinski definition) is 2. The smallest absolute Gasteiger partial charge is 0.227 e. The second kappa shape index (κ2) is 11.1. The van der Waals surface area contributed by atoms with E-state index in [0.29, 0.717) is 49.0 Å². The summed E-state index contributed by atoms with van der Waals surface area (Å²) in [6.07, 6.45) is 1.38. The first-order chi connectivity index (χ1) is 16.5. The summed E-state index contributed by atoms with van der Waals surface area (Å²) in [5.74, 6) is 1.42. The lowest BCUT2D eigenvalue weighted by atomic mass is 9.95. The Hall–Kier alpha value is -3.51. The Labute approximate surface area is 204 Å². The number of benzene rings is 3. The number of piperidine rings is 1. The fourth-order valence-electron chi connectivity index (χ4n) is 3.99. The number of nitrogens with zero attached hydrogens (tertiary/aromatic N) is 1. The third-order valence-corrected chi connectivity index (χ3v) is 6.17. The van der Waals surface area contributed by atoms with Crippen LogP contribution in [0.1, 0.15) is 25.3 Å². The van der Waals surface area contributed by atoms with Crippen molar-refractivity contribution in [2.24, 2.45) is 5.92 Å². The van der Waals surface area contributed by atoms with Crippen LogP contribution in [0, 0.1) is 5.92 Å². The number of nitrogens with one attached hydrogen (secondary N) is 2. The summed E-state index contributed by atoms with van der Waals surface area (Å²) in [5, 5.41) is 7.12. The van der Waals surface area contributed by atoms with Gasteiger partial charge in [-0.15, -0.1) is 0 Å². The van der Waals surface area contributed by atoms with Gasteiger partial charge in [-0.2, -0.15) is 0 Å². The summed E-state index contributed by atoms with van der Waals surface area (Å²) in [6.45, 7) is 3.41. The maximum Gasteiger partial charge on any atom is 0.227 e. The minimum atomic E-state index is -0.0747. The molecule has 0 aliphatic carbocycles. The molecule has 6 nitrogen and oxygen atoms in total. The van der Waals surface area contributed by atoms with Crippen LogP contribution in [0.3, 0.4) is 0 Å². The molecule has 176 valence electrons. The van der Waals surface area contributed by atoms with Crippen LogP contribution >= 0.6 is 11.6 Å². The zero-order valence-corrected chi connectivity index (χ0v) is 19.8. The van der Waals surface area contributed by atoms with Crippen molar-refractivity contribution < 1.29 is 14.3 Å². The van der Waals surface area contributed by atoms with Crippen molar-refractivity contribution >= 4 is 34.8 Å². The Morgan fingerprint density at radius 3 is 2.47 bits per heavy atom. The van der Waals surface area contributed by atoms with Crippen molar-refractivity contribution in [2.75, 3.05) is 23.7 Å². The lowest BCUT2D eigenvalue weighted by molar-refractivity contribution is -0.132. The van der Waals surface area contributed by atoms with E-state index in [4.69, 9.17) is 16.3 Å². The standard InChI is InChI=1S/C27H28ClN3O3/c1-19(32)31-15-13-21(14-16-31)27(33)30-23-6-4-5-20(17-23)18-29-25-7-2-3-8-26(25)34-24-11-9-22(28)10-12-24/h2-12,17,21,29H,13-16,18H2,1H3,(H,30,33). The topological polar surface area (TPSA) is 70.7 Å². The molecule has 3 aromatic carbocycles. The van der Waals surface area contributed by atoms with E-state index in [-0.39, 0.29) is 17.7 Å². The quantitative estimate of drug-likeness (QED) is 0.441. The molecule has 1 fully saturated rings. The molecule has 0 saturated carbocycles. The summed E-state index contributed by atoms with van der Waals surface area (Å²) >= 11 is 5.96. The predicted molar refractivity (Wildman–Crippen MR) is 135 cm³/mol. The average Bonchev–Trinajstić information content (AvgIpc) is 2.85. The molecule has 0 unspecified atom stereocenters. The Bertz CT molecular complexity index is 1140. The van der Waals surface area contributed by atoms with Gasteiger partial charge in [0.05, 0.1) is 5.69 Å². The van der Waals surface area contributed by atoms with E-state index in [1.807, 2.05) is 60.7 Å². The molecule has 0 spiro atoms. The van der Waals surface area contributed by atoms with Crippen LogP contribution in [0.15, 0.2) is 72.8 Å². The first kappa shape index (κ1) is 23.6. The average molecular weight is 478 g/mol. The number of anilines is 2. The number of hydrogen-bond acceptors (Lipinski definition) is 4. The number of rotatable bonds is 7. The molecule has 0 radical (unpaired) electrons. The van der Waals surface area contributed by atoms with Crippen LogP contribution < -0.4 is 15.4 Å². The molecule has 0 aromatic heterocycles. The van der Waals surface area contributed by atoms with E-state index in [1.54, 1.807) is 24.0 Å². The van der Waals surface area contributed by atoms with Gasteiger partial charge in [0.2, 0.25) is 11.8 Å². The lowest BCUT2D eigenvalue weighted by Crippen LogP contribution is -2.40. The highest BCUT2D eigenvalue weighted by Gasteiger charge is 2.26. The Kier molecular flexibility index (Phi) is 7.70. The minimum absolute atomic E-state index is 0.00928. The van der Waals surface area contributed by atoms with Gasteiger partial charge in [-0.3, -0.25) is 9.59 Å². The van der Waals surface area contributed by atoms with Gasteiger partial charge in [0.25, 0.3) is 0 Å². The second-order valence-electron chi connectivity index (χ2n) is 8.38. The molecular weight excluding hydrogens is 450 g/mol. The first-order valence-corrected chi connectivity index (χ1v) is 11.8. The second-order valence-corrected chi connectivity index (χ2v) is 8.81. The highest BCUT2D eigenvalue weighted by Crippen LogP contribution is 2.30. The normalized spacial score (nSPS) is 13.9. The maximum absolute atomic E-state index is 12.7. The van der Waals surface area contributed by atoms with Crippen molar-refractivity contribution in [3.05, 3.63) is 83.4 Å². The number of para-hydroxylation sites is 2. The van der Waals surface area contributed by atoms with Crippen LogP contribution in [0.25, 0.3) is 0 Å². The Balaban J connectivity index is 1.35. The lowest BCUT2D eigenvalue weighted by Gasteiger charge is -2.30. The molecule has 4 rings (SSSR count). The number of carbonyl (C=O) groups excluding carboxylic acids is 2. The minimum Gasteiger partial charge on any atom is -0.455 e. The number of ether oxygens (including phenoxy) is 1. The molecular formula is C27H28ClN3O3. The first-order valence-electron chi connectivity index (χ1n) is 11.4. The van der Waals surface area contributed by atoms with Gasteiger partial charge in [-0.25, -0.2) is 0 Å². The van der Waals surface area contributed by atoms with Gasteiger partial charge < -0.3 is 20.3 Å².